The predicted octanol–water partition coefficient (Wildman–Crippen LogP) is 3.97. The van der Waals surface area contributed by atoms with Crippen molar-refractivity contribution in [2.45, 2.75) is 78.4 Å². The molecule has 0 saturated heterocycles. The van der Waals surface area contributed by atoms with Crippen molar-refractivity contribution in [2.75, 3.05) is 0 Å². The van der Waals surface area contributed by atoms with Gasteiger partial charge in [-0.05, 0) is 76.5 Å². The second-order valence-corrected chi connectivity index (χ2v) is 9.44. The molecule has 2 unspecified atom stereocenters. The van der Waals surface area contributed by atoms with E-state index in [9.17, 15) is 9.59 Å². The van der Waals surface area contributed by atoms with Crippen molar-refractivity contribution in [3.63, 3.8) is 0 Å². The van der Waals surface area contributed by atoms with Crippen molar-refractivity contribution in [1.82, 2.24) is 0 Å². The molecule has 4 heteroatoms. The highest BCUT2D eigenvalue weighted by atomic mass is 16.6. The Morgan fingerprint density at radius 1 is 0.833 bits per heavy atom. The second kappa shape index (κ2) is 6.34. The van der Waals surface area contributed by atoms with Crippen LogP contribution in [0, 0.1) is 35.5 Å². The van der Waals surface area contributed by atoms with E-state index in [-0.39, 0.29) is 18.0 Å². The van der Waals surface area contributed by atoms with Gasteiger partial charge in [-0.2, -0.15) is 0 Å². The number of esters is 2. The third-order valence-corrected chi connectivity index (χ3v) is 6.29. The first kappa shape index (κ1) is 17.8. The predicted molar refractivity (Wildman–Crippen MR) is 91.1 cm³/mol. The lowest BCUT2D eigenvalue weighted by atomic mass is 9.55. The van der Waals surface area contributed by atoms with Gasteiger partial charge in [-0.25, -0.2) is 0 Å². The van der Waals surface area contributed by atoms with Crippen LogP contribution in [0.15, 0.2) is 0 Å². The Hall–Kier alpha value is -1.06. The van der Waals surface area contributed by atoms with Crippen molar-refractivity contribution >= 4 is 11.9 Å². The van der Waals surface area contributed by atoms with E-state index in [4.69, 9.17) is 9.47 Å². The van der Waals surface area contributed by atoms with Gasteiger partial charge in [0.05, 0.1) is 11.8 Å². The van der Waals surface area contributed by atoms with Gasteiger partial charge in [-0.1, -0.05) is 13.8 Å². The summed E-state index contributed by atoms with van der Waals surface area (Å²) in [6.07, 6.45) is 6.36. The van der Waals surface area contributed by atoms with Crippen molar-refractivity contribution in [3.05, 3.63) is 0 Å². The van der Waals surface area contributed by atoms with Crippen LogP contribution in [-0.2, 0) is 19.1 Å². The van der Waals surface area contributed by atoms with E-state index >= 15 is 0 Å². The molecule has 0 N–H and O–H groups in total. The molecule has 0 heterocycles. The Kier molecular flexibility index (Phi) is 4.69. The highest BCUT2D eigenvalue weighted by molar-refractivity contribution is 5.81. The zero-order chi connectivity index (χ0) is 17.6. The Labute approximate surface area is 145 Å². The number of hydrogen-bond donors (Lipinski definition) is 0. The van der Waals surface area contributed by atoms with Gasteiger partial charge in [0, 0.05) is 0 Å². The van der Waals surface area contributed by atoms with Crippen molar-refractivity contribution in [2.24, 2.45) is 35.5 Å². The first-order valence-corrected chi connectivity index (χ1v) is 9.57. The summed E-state index contributed by atoms with van der Waals surface area (Å²) in [5.74, 6) is 1.33. The molecule has 24 heavy (non-hydrogen) atoms. The number of ether oxygens (including phenoxy) is 2. The van der Waals surface area contributed by atoms with Gasteiger partial charge in [0.25, 0.3) is 0 Å². The highest BCUT2D eigenvalue weighted by Gasteiger charge is 2.50. The Morgan fingerprint density at radius 2 is 1.29 bits per heavy atom. The summed E-state index contributed by atoms with van der Waals surface area (Å²) < 4.78 is 11.4. The largest absolute Gasteiger partial charge is 0.462 e. The molecule has 4 saturated carbocycles. The maximum Gasteiger partial charge on any atom is 0.310 e. The van der Waals surface area contributed by atoms with E-state index in [0.717, 1.165) is 11.8 Å². The molecule has 4 aliphatic carbocycles. The molecule has 4 rings (SSSR count). The van der Waals surface area contributed by atoms with Crippen LogP contribution in [0.25, 0.3) is 0 Å². The van der Waals surface area contributed by atoms with Crippen LogP contribution in [0.1, 0.15) is 66.7 Å². The van der Waals surface area contributed by atoms with Crippen molar-refractivity contribution in [3.8, 4) is 0 Å². The summed E-state index contributed by atoms with van der Waals surface area (Å²) in [5.41, 5.74) is -0.531. The quantitative estimate of drug-likeness (QED) is 0.729. The topological polar surface area (TPSA) is 52.6 Å². The molecule has 0 radical (unpaired) electrons. The van der Waals surface area contributed by atoms with Crippen LogP contribution in [0.2, 0.25) is 0 Å². The monoisotopic (exact) mass is 336 g/mol. The van der Waals surface area contributed by atoms with E-state index < -0.39 is 17.4 Å². The summed E-state index contributed by atoms with van der Waals surface area (Å²) in [5, 5.41) is 0. The fourth-order valence-electron chi connectivity index (χ4n) is 5.11. The van der Waals surface area contributed by atoms with Gasteiger partial charge in [-0.3, -0.25) is 9.59 Å². The van der Waals surface area contributed by atoms with Gasteiger partial charge < -0.3 is 9.47 Å². The van der Waals surface area contributed by atoms with Gasteiger partial charge >= 0.3 is 11.9 Å². The number of carbonyl (C=O) groups excluding carboxylic acids is 2. The van der Waals surface area contributed by atoms with Crippen molar-refractivity contribution < 1.29 is 19.1 Å². The molecular formula is C20H32O4. The molecule has 4 aliphatic rings. The standard InChI is InChI=1S/C20H32O4/c1-11(12(2)19(22)24-20(3,4)5)18(21)23-17-15-7-13-6-14(9-15)10-16(17)8-13/h11-17H,6-10H2,1-5H3. The van der Waals surface area contributed by atoms with Gasteiger partial charge in [0.1, 0.15) is 11.7 Å². The molecule has 0 spiro atoms. The molecule has 136 valence electrons. The van der Waals surface area contributed by atoms with Crippen LogP contribution in [0.3, 0.4) is 0 Å². The minimum absolute atomic E-state index is 0.0820. The Balaban J connectivity index is 1.57. The minimum Gasteiger partial charge on any atom is -0.462 e. The summed E-state index contributed by atoms with van der Waals surface area (Å²) in [7, 11) is 0. The lowest BCUT2D eigenvalue weighted by Crippen LogP contribution is -2.50. The Morgan fingerprint density at radius 3 is 1.75 bits per heavy atom. The summed E-state index contributed by atoms with van der Waals surface area (Å²) in [6, 6.07) is 0. The smallest absolute Gasteiger partial charge is 0.310 e. The maximum atomic E-state index is 12.6. The van der Waals surface area contributed by atoms with E-state index in [1.165, 1.54) is 32.1 Å². The summed E-state index contributed by atoms with van der Waals surface area (Å²) in [4.78, 5) is 24.8. The van der Waals surface area contributed by atoms with Gasteiger partial charge in [0.15, 0.2) is 0 Å². The van der Waals surface area contributed by atoms with Crippen LogP contribution in [0.4, 0.5) is 0 Å². The molecule has 0 aliphatic heterocycles. The number of carbonyl (C=O) groups is 2. The molecule has 4 nitrogen and oxygen atoms in total. The van der Waals surface area contributed by atoms with E-state index in [1.807, 2.05) is 20.8 Å². The maximum absolute atomic E-state index is 12.6. The van der Waals surface area contributed by atoms with Gasteiger partial charge in [-0.15, -0.1) is 0 Å². The van der Waals surface area contributed by atoms with E-state index in [2.05, 4.69) is 0 Å². The third-order valence-electron chi connectivity index (χ3n) is 6.29. The van der Waals surface area contributed by atoms with Crippen molar-refractivity contribution in [1.29, 1.82) is 0 Å². The normalized spacial score (nSPS) is 37.0. The van der Waals surface area contributed by atoms with Crippen LogP contribution in [0.5, 0.6) is 0 Å². The number of hydrogen-bond acceptors (Lipinski definition) is 4. The lowest BCUT2D eigenvalue weighted by molar-refractivity contribution is -0.181. The minimum atomic E-state index is -0.531. The van der Waals surface area contributed by atoms with E-state index in [0.29, 0.717) is 11.8 Å². The molecular weight excluding hydrogens is 304 g/mol. The molecule has 4 bridgehead atoms. The fraction of sp³-hybridized carbons (Fsp3) is 0.900. The summed E-state index contributed by atoms with van der Waals surface area (Å²) in [6.45, 7) is 9.07. The van der Waals surface area contributed by atoms with Gasteiger partial charge in [0.2, 0.25) is 0 Å². The van der Waals surface area contributed by atoms with Crippen LogP contribution in [-0.4, -0.2) is 23.6 Å². The molecule has 0 aromatic heterocycles. The molecule has 0 aromatic rings. The first-order valence-electron chi connectivity index (χ1n) is 9.57. The van der Waals surface area contributed by atoms with Crippen LogP contribution >= 0.6 is 0 Å². The Bertz CT molecular complexity index is 476. The summed E-state index contributed by atoms with van der Waals surface area (Å²) >= 11 is 0. The molecule has 2 atom stereocenters. The zero-order valence-corrected chi connectivity index (χ0v) is 15.7. The average molecular weight is 336 g/mol. The fourth-order valence-corrected chi connectivity index (χ4v) is 5.11. The number of rotatable bonds is 4. The average Bonchev–Trinajstić information content (AvgIpc) is 2.46. The van der Waals surface area contributed by atoms with Crippen LogP contribution < -0.4 is 0 Å². The molecule has 0 aromatic carbocycles. The second-order valence-electron chi connectivity index (χ2n) is 9.44. The highest BCUT2D eigenvalue weighted by Crippen LogP contribution is 2.54. The third kappa shape index (κ3) is 3.62. The lowest BCUT2D eigenvalue weighted by Gasteiger charge is -2.53. The first-order chi connectivity index (χ1) is 11.1. The molecule has 4 fully saturated rings. The zero-order valence-electron chi connectivity index (χ0n) is 15.7. The molecule has 0 amide bonds. The van der Waals surface area contributed by atoms with E-state index in [1.54, 1.807) is 13.8 Å². The SMILES string of the molecule is CC(C(=O)OC1C2CC3CC(C2)CC1C3)C(C)C(=O)OC(C)(C)C.